The van der Waals surface area contributed by atoms with E-state index < -0.39 is 0 Å². The molecule has 0 unspecified atom stereocenters. The molecule has 2 aromatic rings. The van der Waals surface area contributed by atoms with Crippen LogP contribution in [0.25, 0.3) is 10.2 Å². The molecule has 118 valence electrons. The molecule has 2 aliphatic rings. The molecule has 2 aromatic heterocycles. The Balaban J connectivity index is 1.44. The third-order valence-electron chi connectivity index (χ3n) is 4.63. The van der Waals surface area contributed by atoms with Crippen LogP contribution in [-0.2, 0) is 0 Å². The van der Waals surface area contributed by atoms with E-state index in [1.54, 1.807) is 17.7 Å². The summed E-state index contributed by atoms with van der Waals surface area (Å²) in [5.41, 5.74) is 0. The van der Waals surface area contributed by atoms with Crippen LogP contribution in [0.3, 0.4) is 0 Å². The summed E-state index contributed by atoms with van der Waals surface area (Å²) in [6.45, 7) is 4.34. The number of hydrogen-bond acceptors (Lipinski definition) is 6. The molecule has 4 heterocycles. The molecule has 0 spiro atoms. The minimum atomic E-state index is 0.682. The van der Waals surface area contributed by atoms with Gasteiger partial charge < -0.3 is 10.2 Å². The number of piperidine rings is 1. The van der Waals surface area contributed by atoms with Gasteiger partial charge in [-0.05, 0) is 38.0 Å². The Morgan fingerprint density at radius 1 is 1.18 bits per heavy atom. The zero-order valence-electron chi connectivity index (χ0n) is 12.9. The van der Waals surface area contributed by atoms with E-state index in [1.165, 1.54) is 41.0 Å². The molecule has 2 aliphatic heterocycles. The summed E-state index contributed by atoms with van der Waals surface area (Å²) in [6.07, 6.45) is 5.49. The van der Waals surface area contributed by atoms with Crippen LogP contribution in [0.1, 0.15) is 24.1 Å². The summed E-state index contributed by atoms with van der Waals surface area (Å²) in [6, 6.07) is 3.66. The predicted octanol–water partition coefficient (Wildman–Crippen LogP) is 3.06. The maximum atomic E-state index is 4.57. The summed E-state index contributed by atoms with van der Waals surface area (Å²) in [7, 11) is 0. The van der Waals surface area contributed by atoms with Crippen LogP contribution in [0.15, 0.2) is 12.4 Å². The molecule has 0 saturated carbocycles. The van der Waals surface area contributed by atoms with E-state index in [0.29, 0.717) is 6.04 Å². The van der Waals surface area contributed by atoms with Crippen molar-refractivity contribution in [1.29, 1.82) is 0 Å². The number of anilines is 1. The van der Waals surface area contributed by atoms with E-state index in [1.807, 2.05) is 0 Å². The van der Waals surface area contributed by atoms with Gasteiger partial charge in [-0.1, -0.05) is 0 Å². The first-order chi connectivity index (χ1) is 10.8. The van der Waals surface area contributed by atoms with Gasteiger partial charge in [-0.3, -0.25) is 0 Å². The van der Waals surface area contributed by atoms with Crippen LogP contribution in [0.4, 0.5) is 5.82 Å². The van der Waals surface area contributed by atoms with Crippen molar-refractivity contribution in [1.82, 2.24) is 15.3 Å². The lowest BCUT2D eigenvalue weighted by atomic mass is 10.0. The van der Waals surface area contributed by atoms with Gasteiger partial charge in [0.15, 0.2) is 0 Å². The Hall–Kier alpha value is -0.850. The highest BCUT2D eigenvalue weighted by Gasteiger charge is 2.25. The number of aryl methyl sites for hydroxylation is 1. The van der Waals surface area contributed by atoms with Crippen molar-refractivity contribution in [3.63, 3.8) is 0 Å². The van der Waals surface area contributed by atoms with E-state index in [4.69, 9.17) is 0 Å². The van der Waals surface area contributed by atoms with Gasteiger partial charge in [0.1, 0.15) is 17.0 Å². The number of fused-ring (bicyclic) bond motifs is 1. The topological polar surface area (TPSA) is 41.0 Å². The first-order valence-electron chi connectivity index (χ1n) is 8.09. The molecule has 1 atom stereocenters. The molecular formula is C16H22N4S2. The Morgan fingerprint density at radius 3 is 2.82 bits per heavy atom. The molecule has 22 heavy (non-hydrogen) atoms. The highest BCUT2D eigenvalue weighted by Crippen LogP contribution is 2.31. The number of nitrogens with one attached hydrogen (secondary N) is 1. The largest absolute Gasteiger partial charge is 0.356 e. The fourth-order valence-corrected chi connectivity index (χ4v) is 5.48. The molecule has 4 nitrogen and oxygen atoms in total. The summed E-state index contributed by atoms with van der Waals surface area (Å²) < 4.78 is 0. The molecule has 0 bridgehead atoms. The Morgan fingerprint density at radius 2 is 2.05 bits per heavy atom. The third-order valence-corrected chi connectivity index (χ3v) is 6.75. The second-order valence-electron chi connectivity index (χ2n) is 6.26. The predicted molar refractivity (Wildman–Crippen MR) is 96.3 cm³/mol. The fourth-order valence-electron chi connectivity index (χ4n) is 3.47. The monoisotopic (exact) mass is 334 g/mol. The number of thioether (sulfide) groups is 1. The van der Waals surface area contributed by atoms with Gasteiger partial charge in [-0.25, -0.2) is 9.97 Å². The fraction of sp³-hybridized carbons (Fsp3) is 0.625. The second kappa shape index (κ2) is 6.34. The Labute approximate surface area is 139 Å². The number of thiophene rings is 1. The summed E-state index contributed by atoms with van der Waals surface area (Å²) in [5.74, 6) is 3.75. The minimum Gasteiger partial charge on any atom is -0.356 e. The zero-order chi connectivity index (χ0) is 14.9. The lowest BCUT2D eigenvalue weighted by molar-refractivity contribution is 0.378. The van der Waals surface area contributed by atoms with Gasteiger partial charge in [0.05, 0.1) is 5.39 Å². The van der Waals surface area contributed by atoms with Gasteiger partial charge in [-0.2, -0.15) is 11.8 Å². The highest BCUT2D eigenvalue weighted by atomic mass is 32.2. The van der Waals surface area contributed by atoms with Crippen LogP contribution in [0.5, 0.6) is 0 Å². The summed E-state index contributed by atoms with van der Waals surface area (Å²) in [4.78, 5) is 13.8. The van der Waals surface area contributed by atoms with Gasteiger partial charge in [-0.15, -0.1) is 11.3 Å². The first-order valence-corrected chi connectivity index (χ1v) is 10.1. The van der Waals surface area contributed by atoms with Crippen LogP contribution in [0, 0.1) is 6.92 Å². The molecule has 0 aromatic carbocycles. The van der Waals surface area contributed by atoms with E-state index in [2.05, 4.69) is 44.9 Å². The molecule has 1 N–H and O–H groups in total. The van der Waals surface area contributed by atoms with Crippen molar-refractivity contribution >= 4 is 39.1 Å². The molecule has 6 heteroatoms. The number of hydrogen-bond donors (Lipinski definition) is 1. The summed E-state index contributed by atoms with van der Waals surface area (Å²) in [5, 5.41) is 5.08. The van der Waals surface area contributed by atoms with Crippen LogP contribution in [-0.4, -0.2) is 46.6 Å². The van der Waals surface area contributed by atoms with Crippen molar-refractivity contribution in [2.24, 2.45) is 0 Å². The molecule has 4 rings (SSSR count). The second-order valence-corrected chi connectivity index (χ2v) is 8.65. The van der Waals surface area contributed by atoms with Gasteiger partial charge >= 0.3 is 0 Å². The van der Waals surface area contributed by atoms with E-state index >= 15 is 0 Å². The van der Waals surface area contributed by atoms with Gasteiger partial charge in [0, 0.05) is 35.8 Å². The first kappa shape index (κ1) is 14.7. The molecule has 0 aliphatic carbocycles. The lowest BCUT2D eigenvalue weighted by Crippen LogP contribution is -2.46. The minimum absolute atomic E-state index is 0.682. The van der Waals surface area contributed by atoms with Crippen molar-refractivity contribution in [3.05, 3.63) is 17.3 Å². The quantitative estimate of drug-likeness (QED) is 0.934. The number of rotatable bonds is 3. The average Bonchev–Trinajstić information content (AvgIpc) is 3.16. The van der Waals surface area contributed by atoms with Gasteiger partial charge in [0.25, 0.3) is 0 Å². The van der Waals surface area contributed by atoms with Crippen molar-refractivity contribution in [3.8, 4) is 0 Å². The van der Waals surface area contributed by atoms with E-state index in [-0.39, 0.29) is 0 Å². The SMILES string of the molecule is Cc1cc2c(N3CCC(N[C@H]4CCSC4)CC3)ncnc2s1. The standard InChI is InChI=1S/C16H22N4S2/c1-11-8-14-15(17-10-18-16(14)22-11)20-5-2-12(3-6-20)19-13-4-7-21-9-13/h8,10,12-13,19H,2-7,9H2,1H3/t13-/m0/s1. The lowest BCUT2D eigenvalue weighted by Gasteiger charge is -2.34. The third kappa shape index (κ3) is 2.96. The van der Waals surface area contributed by atoms with E-state index in [9.17, 15) is 0 Å². The van der Waals surface area contributed by atoms with Crippen LogP contribution in [0.2, 0.25) is 0 Å². The number of aromatic nitrogens is 2. The van der Waals surface area contributed by atoms with Crippen molar-refractivity contribution in [2.45, 2.75) is 38.3 Å². The Kier molecular flexibility index (Phi) is 4.24. The van der Waals surface area contributed by atoms with Crippen molar-refractivity contribution < 1.29 is 0 Å². The molecule has 2 saturated heterocycles. The molecule has 0 amide bonds. The van der Waals surface area contributed by atoms with Crippen LogP contribution >= 0.6 is 23.1 Å². The maximum Gasteiger partial charge on any atom is 0.140 e. The van der Waals surface area contributed by atoms with E-state index in [0.717, 1.165) is 29.8 Å². The molecule has 2 fully saturated rings. The van der Waals surface area contributed by atoms with Crippen molar-refractivity contribution in [2.75, 3.05) is 29.5 Å². The molecular weight excluding hydrogens is 312 g/mol. The zero-order valence-corrected chi connectivity index (χ0v) is 14.6. The normalized spacial score (nSPS) is 23.5. The maximum absolute atomic E-state index is 4.57. The average molecular weight is 335 g/mol. The molecule has 0 radical (unpaired) electrons. The smallest absolute Gasteiger partial charge is 0.140 e. The van der Waals surface area contributed by atoms with Gasteiger partial charge in [0.2, 0.25) is 0 Å². The summed E-state index contributed by atoms with van der Waals surface area (Å²) >= 11 is 3.84. The Bertz CT molecular complexity index is 643. The number of nitrogens with zero attached hydrogens (tertiary/aromatic N) is 3. The van der Waals surface area contributed by atoms with Crippen LogP contribution < -0.4 is 10.2 Å². The highest BCUT2D eigenvalue weighted by molar-refractivity contribution is 7.99.